The van der Waals surface area contributed by atoms with E-state index in [9.17, 15) is 4.79 Å². The van der Waals surface area contributed by atoms with E-state index in [0.29, 0.717) is 11.3 Å². The van der Waals surface area contributed by atoms with Gasteiger partial charge in [0.2, 0.25) is 0 Å². The van der Waals surface area contributed by atoms with Crippen molar-refractivity contribution in [1.82, 2.24) is 19.1 Å². The summed E-state index contributed by atoms with van der Waals surface area (Å²) in [4.78, 5) is 17.8. The monoisotopic (exact) mass is 236 g/mol. The smallest absolute Gasteiger partial charge is 0.251 e. The van der Waals surface area contributed by atoms with E-state index in [1.165, 1.54) is 6.07 Å². The van der Waals surface area contributed by atoms with Gasteiger partial charge in [0.25, 0.3) is 5.56 Å². The Balaban J connectivity index is 2.14. The highest BCUT2D eigenvalue weighted by molar-refractivity contribution is 7.71. The van der Waals surface area contributed by atoms with Crippen LogP contribution in [0.3, 0.4) is 0 Å². The average molecular weight is 236 g/mol. The molecule has 0 saturated heterocycles. The van der Waals surface area contributed by atoms with Gasteiger partial charge in [-0.3, -0.25) is 9.78 Å². The van der Waals surface area contributed by atoms with E-state index in [0.717, 1.165) is 12.2 Å². The molecule has 0 fully saturated rings. The van der Waals surface area contributed by atoms with Crippen LogP contribution in [-0.2, 0) is 20.0 Å². The molecule has 0 aromatic carbocycles. The number of aromatic nitrogens is 4. The summed E-state index contributed by atoms with van der Waals surface area (Å²) in [6.45, 7) is 0.709. The predicted molar refractivity (Wildman–Crippen MR) is 62.8 cm³/mol. The lowest BCUT2D eigenvalue weighted by atomic mass is 10.4. The molecule has 2 aromatic heterocycles. The highest BCUT2D eigenvalue weighted by Gasteiger charge is 2.00. The van der Waals surface area contributed by atoms with Gasteiger partial charge in [-0.1, -0.05) is 0 Å². The second kappa shape index (κ2) is 4.44. The minimum absolute atomic E-state index is 0.168. The average Bonchev–Trinajstić information content (AvgIpc) is 2.63. The molecule has 0 radical (unpaired) electrons. The third kappa shape index (κ3) is 2.27. The lowest BCUT2D eigenvalue weighted by molar-refractivity contribution is 0.627. The van der Waals surface area contributed by atoms with E-state index in [2.05, 4.69) is 9.97 Å². The standard InChI is InChI=1S/C10H12N4OS/c1-13-7-4-11-8(13)2-5-14-6-3-9(15)12-10(14)16/h3-4,6-7H,2,5H2,1H3,(H,12,15,16). The molecule has 0 atom stereocenters. The fraction of sp³-hybridized carbons (Fsp3) is 0.300. The van der Waals surface area contributed by atoms with E-state index in [-0.39, 0.29) is 5.56 Å². The first-order valence-corrected chi connectivity index (χ1v) is 5.33. The van der Waals surface area contributed by atoms with Crippen molar-refractivity contribution in [2.75, 3.05) is 0 Å². The predicted octanol–water partition coefficient (Wildman–Crippen LogP) is 0.882. The summed E-state index contributed by atoms with van der Waals surface area (Å²) in [6.07, 6.45) is 6.15. The number of nitrogens with zero attached hydrogens (tertiary/aromatic N) is 3. The Morgan fingerprint density at radius 2 is 2.31 bits per heavy atom. The Kier molecular flexibility index (Phi) is 3.00. The van der Waals surface area contributed by atoms with E-state index in [1.807, 2.05) is 22.4 Å². The maximum absolute atomic E-state index is 11.0. The fourth-order valence-electron chi connectivity index (χ4n) is 1.48. The quantitative estimate of drug-likeness (QED) is 0.805. The van der Waals surface area contributed by atoms with E-state index in [4.69, 9.17) is 12.2 Å². The van der Waals surface area contributed by atoms with Crippen molar-refractivity contribution in [2.45, 2.75) is 13.0 Å². The van der Waals surface area contributed by atoms with Crippen LogP contribution in [0.1, 0.15) is 5.82 Å². The molecule has 0 unspecified atom stereocenters. The van der Waals surface area contributed by atoms with Crippen molar-refractivity contribution in [1.29, 1.82) is 0 Å². The molecule has 0 saturated carbocycles. The number of hydrogen-bond donors (Lipinski definition) is 1. The number of imidazole rings is 1. The summed E-state index contributed by atoms with van der Waals surface area (Å²) in [6, 6.07) is 1.47. The summed E-state index contributed by atoms with van der Waals surface area (Å²) in [7, 11) is 1.95. The Hall–Kier alpha value is -1.69. The summed E-state index contributed by atoms with van der Waals surface area (Å²) in [5.74, 6) is 0.994. The van der Waals surface area contributed by atoms with Crippen molar-refractivity contribution in [3.63, 3.8) is 0 Å². The molecule has 84 valence electrons. The normalized spacial score (nSPS) is 10.6. The summed E-state index contributed by atoms with van der Waals surface area (Å²) in [5, 5.41) is 0. The number of rotatable bonds is 3. The van der Waals surface area contributed by atoms with Gasteiger partial charge in [-0.05, 0) is 12.2 Å². The molecule has 2 heterocycles. The zero-order valence-electron chi connectivity index (χ0n) is 8.88. The van der Waals surface area contributed by atoms with Crippen LogP contribution in [0.2, 0.25) is 0 Å². The molecule has 0 aliphatic heterocycles. The molecule has 0 aliphatic carbocycles. The Morgan fingerprint density at radius 3 is 2.94 bits per heavy atom. The van der Waals surface area contributed by atoms with Gasteiger partial charge in [0, 0.05) is 44.7 Å². The molecule has 2 rings (SSSR count). The van der Waals surface area contributed by atoms with Crippen LogP contribution in [0.5, 0.6) is 0 Å². The topological polar surface area (TPSA) is 55.6 Å². The SMILES string of the molecule is Cn1ccnc1CCn1ccc(=O)[nH]c1=S. The molecule has 1 N–H and O–H groups in total. The Morgan fingerprint density at radius 1 is 1.50 bits per heavy atom. The summed E-state index contributed by atoms with van der Waals surface area (Å²) < 4.78 is 4.24. The van der Waals surface area contributed by atoms with Crippen molar-refractivity contribution in [3.05, 3.63) is 45.6 Å². The van der Waals surface area contributed by atoms with Crippen LogP contribution in [-0.4, -0.2) is 19.1 Å². The number of nitrogens with one attached hydrogen (secondary N) is 1. The van der Waals surface area contributed by atoms with E-state index >= 15 is 0 Å². The third-order valence-electron chi connectivity index (χ3n) is 2.39. The highest BCUT2D eigenvalue weighted by Crippen LogP contribution is 1.98. The number of aromatic amines is 1. The van der Waals surface area contributed by atoms with Gasteiger partial charge >= 0.3 is 0 Å². The molecule has 16 heavy (non-hydrogen) atoms. The molecule has 0 aliphatic rings. The largest absolute Gasteiger partial charge is 0.338 e. The fourth-order valence-corrected chi connectivity index (χ4v) is 1.73. The van der Waals surface area contributed by atoms with Crippen LogP contribution in [0.4, 0.5) is 0 Å². The van der Waals surface area contributed by atoms with Gasteiger partial charge in [0.05, 0.1) is 0 Å². The van der Waals surface area contributed by atoms with Crippen LogP contribution < -0.4 is 5.56 Å². The number of H-pyrrole nitrogens is 1. The van der Waals surface area contributed by atoms with Crippen molar-refractivity contribution in [2.24, 2.45) is 7.05 Å². The second-order valence-electron chi connectivity index (χ2n) is 3.51. The van der Waals surface area contributed by atoms with Crippen LogP contribution >= 0.6 is 12.2 Å². The maximum Gasteiger partial charge on any atom is 0.251 e. The molecule has 0 bridgehead atoms. The van der Waals surface area contributed by atoms with Gasteiger partial charge in [-0.2, -0.15) is 0 Å². The molecule has 2 aromatic rings. The van der Waals surface area contributed by atoms with Gasteiger partial charge < -0.3 is 9.13 Å². The van der Waals surface area contributed by atoms with Crippen molar-refractivity contribution in [3.8, 4) is 0 Å². The summed E-state index contributed by atoms with van der Waals surface area (Å²) >= 11 is 5.05. The minimum atomic E-state index is -0.168. The molecular formula is C10H12N4OS. The Bertz CT molecular complexity index is 595. The molecule has 0 amide bonds. The number of hydrogen-bond acceptors (Lipinski definition) is 3. The first kappa shape index (κ1) is 10.8. The lowest BCUT2D eigenvalue weighted by Gasteiger charge is -2.05. The van der Waals surface area contributed by atoms with Gasteiger partial charge in [-0.15, -0.1) is 0 Å². The maximum atomic E-state index is 11.0. The highest BCUT2D eigenvalue weighted by atomic mass is 32.1. The summed E-state index contributed by atoms with van der Waals surface area (Å²) in [5.41, 5.74) is -0.168. The zero-order chi connectivity index (χ0) is 11.5. The lowest BCUT2D eigenvalue weighted by Crippen LogP contribution is -2.13. The molecule has 5 nitrogen and oxygen atoms in total. The van der Waals surface area contributed by atoms with Crippen molar-refractivity contribution >= 4 is 12.2 Å². The Labute approximate surface area is 97.4 Å². The van der Waals surface area contributed by atoms with Gasteiger partial charge in [0.1, 0.15) is 5.82 Å². The van der Waals surface area contributed by atoms with Crippen LogP contribution in [0.25, 0.3) is 0 Å². The first-order valence-electron chi connectivity index (χ1n) is 4.93. The van der Waals surface area contributed by atoms with Gasteiger partial charge in [-0.25, -0.2) is 4.98 Å². The van der Waals surface area contributed by atoms with E-state index in [1.54, 1.807) is 12.4 Å². The second-order valence-corrected chi connectivity index (χ2v) is 3.89. The minimum Gasteiger partial charge on any atom is -0.338 e. The third-order valence-corrected chi connectivity index (χ3v) is 2.73. The molecular weight excluding hydrogens is 224 g/mol. The first-order chi connectivity index (χ1) is 7.66. The zero-order valence-corrected chi connectivity index (χ0v) is 9.70. The van der Waals surface area contributed by atoms with Crippen LogP contribution in [0, 0.1) is 4.77 Å². The van der Waals surface area contributed by atoms with Crippen LogP contribution in [0.15, 0.2) is 29.5 Å². The van der Waals surface area contributed by atoms with Crippen molar-refractivity contribution < 1.29 is 0 Å². The molecule has 0 spiro atoms. The van der Waals surface area contributed by atoms with E-state index < -0.39 is 0 Å². The van der Waals surface area contributed by atoms with Gasteiger partial charge in [0.15, 0.2) is 4.77 Å². The molecule has 6 heteroatoms. The number of aryl methyl sites for hydroxylation is 3.